The average molecular weight is 332 g/mol. The van der Waals surface area contributed by atoms with Gasteiger partial charge in [0.05, 0.1) is 6.04 Å². The van der Waals surface area contributed by atoms with Crippen LogP contribution in [0.1, 0.15) is 35.6 Å². The number of anilines is 1. The summed E-state index contributed by atoms with van der Waals surface area (Å²) in [4.78, 5) is 0. The fourth-order valence-corrected chi connectivity index (χ4v) is 3.25. The Morgan fingerprint density at radius 2 is 2.10 bits per heavy atom. The second-order valence-electron chi connectivity index (χ2n) is 5.38. The van der Waals surface area contributed by atoms with Crippen molar-refractivity contribution in [2.75, 3.05) is 5.32 Å². The van der Waals surface area contributed by atoms with Crippen LogP contribution in [0.5, 0.6) is 5.75 Å². The van der Waals surface area contributed by atoms with Crippen LogP contribution in [0.4, 0.5) is 5.69 Å². The Labute approximate surface area is 128 Å². The molecule has 0 spiro atoms. The van der Waals surface area contributed by atoms with Crippen LogP contribution in [-0.4, -0.2) is 5.11 Å². The number of aryl methyl sites for hydroxylation is 1. The molecule has 0 amide bonds. The number of fused-ring (bicyclic) bond motifs is 1. The summed E-state index contributed by atoms with van der Waals surface area (Å²) in [6.07, 6.45) is 3.39. The van der Waals surface area contributed by atoms with E-state index in [0.29, 0.717) is 5.75 Å². The monoisotopic (exact) mass is 331 g/mol. The van der Waals surface area contributed by atoms with Gasteiger partial charge >= 0.3 is 0 Å². The van der Waals surface area contributed by atoms with Gasteiger partial charge in [0.15, 0.2) is 0 Å². The predicted octanol–water partition coefficient (Wildman–Crippen LogP) is 4.95. The molecule has 0 aliphatic heterocycles. The van der Waals surface area contributed by atoms with Crippen LogP contribution in [0, 0.1) is 6.92 Å². The van der Waals surface area contributed by atoms with E-state index < -0.39 is 0 Å². The van der Waals surface area contributed by atoms with Crippen molar-refractivity contribution in [3.63, 3.8) is 0 Å². The maximum Gasteiger partial charge on any atom is 0.115 e. The first-order valence-corrected chi connectivity index (χ1v) is 7.78. The minimum atomic E-state index is 0.277. The molecule has 0 heterocycles. The van der Waals surface area contributed by atoms with Gasteiger partial charge in [0, 0.05) is 10.2 Å². The highest BCUT2D eigenvalue weighted by atomic mass is 79.9. The molecule has 1 atom stereocenters. The summed E-state index contributed by atoms with van der Waals surface area (Å²) < 4.78 is 1.12. The van der Waals surface area contributed by atoms with Crippen LogP contribution in [-0.2, 0) is 6.42 Å². The van der Waals surface area contributed by atoms with E-state index >= 15 is 0 Å². The molecule has 0 saturated carbocycles. The van der Waals surface area contributed by atoms with Crippen molar-refractivity contribution in [1.82, 2.24) is 0 Å². The van der Waals surface area contributed by atoms with Crippen molar-refractivity contribution in [3.05, 3.63) is 57.6 Å². The number of phenolic OH excluding ortho intramolecular Hbond substituents is 1. The Morgan fingerprint density at radius 1 is 1.25 bits per heavy atom. The van der Waals surface area contributed by atoms with Gasteiger partial charge in [0.1, 0.15) is 5.75 Å². The molecular weight excluding hydrogens is 314 g/mol. The van der Waals surface area contributed by atoms with E-state index in [1.54, 1.807) is 6.07 Å². The molecule has 0 aromatic heterocycles. The number of nitrogens with one attached hydrogen (secondary N) is 1. The number of hydrogen-bond acceptors (Lipinski definition) is 2. The largest absolute Gasteiger partial charge is 0.508 e. The molecule has 1 aliphatic rings. The van der Waals surface area contributed by atoms with E-state index in [4.69, 9.17) is 0 Å². The molecule has 2 nitrogen and oxygen atoms in total. The molecule has 0 radical (unpaired) electrons. The number of benzene rings is 2. The summed E-state index contributed by atoms with van der Waals surface area (Å²) in [6.45, 7) is 2.11. The molecule has 0 saturated heterocycles. The van der Waals surface area contributed by atoms with Gasteiger partial charge in [0.25, 0.3) is 0 Å². The Kier molecular flexibility index (Phi) is 3.70. The molecule has 104 valence electrons. The number of hydrogen-bond donors (Lipinski definition) is 2. The third-order valence-electron chi connectivity index (χ3n) is 4.04. The number of aromatic hydroxyl groups is 1. The maximum absolute atomic E-state index is 9.74. The normalized spacial score (nSPS) is 17.6. The first-order chi connectivity index (χ1) is 9.65. The third-order valence-corrected chi connectivity index (χ3v) is 4.90. The molecule has 2 aromatic rings. The van der Waals surface area contributed by atoms with Crippen molar-refractivity contribution < 1.29 is 5.11 Å². The molecule has 0 fully saturated rings. The summed E-state index contributed by atoms with van der Waals surface area (Å²) in [5.74, 6) is 0.350. The van der Waals surface area contributed by atoms with E-state index in [9.17, 15) is 5.11 Å². The van der Waals surface area contributed by atoms with Crippen molar-refractivity contribution in [2.24, 2.45) is 0 Å². The molecule has 2 aromatic carbocycles. The molecule has 1 aliphatic carbocycles. The summed E-state index contributed by atoms with van der Waals surface area (Å²) in [6, 6.07) is 12.2. The summed E-state index contributed by atoms with van der Waals surface area (Å²) in [7, 11) is 0. The second-order valence-corrected chi connectivity index (χ2v) is 6.24. The van der Waals surface area contributed by atoms with Gasteiger partial charge in [-0.2, -0.15) is 0 Å². The van der Waals surface area contributed by atoms with Crippen LogP contribution >= 0.6 is 15.9 Å². The molecule has 0 bridgehead atoms. The lowest BCUT2D eigenvalue weighted by atomic mass is 9.87. The highest BCUT2D eigenvalue weighted by Gasteiger charge is 2.21. The number of phenols is 1. The fourth-order valence-electron chi connectivity index (χ4n) is 2.89. The van der Waals surface area contributed by atoms with E-state index in [0.717, 1.165) is 23.0 Å². The maximum atomic E-state index is 9.74. The molecule has 3 rings (SSSR count). The zero-order chi connectivity index (χ0) is 14.1. The van der Waals surface area contributed by atoms with E-state index in [1.165, 1.54) is 23.1 Å². The minimum Gasteiger partial charge on any atom is -0.508 e. The summed E-state index contributed by atoms with van der Waals surface area (Å²) in [5.41, 5.74) is 4.95. The van der Waals surface area contributed by atoms with E-state index in [2.05, 4.69) is 40.3 Å². The smallest absolute Gasteiger partial charge is 0.115 e. The molecule has 1 unspecified atom stereocenters. The van der Waals surface area contributed by atoms with Crippen LogP contribution in [0.15, 0.2) is 40.9 Å². The summed E-state index contributed by atoms with van der Waals surface area (Å²) in [5, 5.41) is 13.4. The molecule has 3 heteroatoms. The van der Waals surface area contributed by atoms with E-state index in [1.807, 2.05) is 18.2 Å². The molecular formula is C17H18BrNO. The van der Waals surface area contributed by atoms with Crippen LogP contribution < -0.4 is 5.32 Å². The Bertz CT molecular complexity index is 639. The Balaban J connectivity index is 1.93. The molecule has 2 N–H and O–H groups in total. The predicted molar refractivity (Wildman–Crippen MR) is 86.3 cm³/mol. The Hall–Kier alpha value is -1.48. The lowest BCUT2D eigenvalue weighted by Crippen LogP contribution is -2.17. The highest BCUT2D eigenvalue weighted by molar-refractivity contribution is 9.10. The number of halogens is 1. The SMILES string of the molecule is Cc1c(Br)cccc1NC1CCCc2ccc(O)cc21. The fraction of sp³-hybridized carbons (Fsp3) is 0.294. The second kappa shape index (κ2) is 5.49. The van der Waals surface area contributed by atoms with E-state index in [-0.39, 0.29) is 6.04 Å². The Morgan fingerprint density at radius 3 is 2.95 bits per heavy atom. The van der Waals surface area contributed by atoms with Crippen LogP contribution in [0.3, 0.4) is 0 Å². The van der Waals surface area contributed by atoms with Gasteiger partial charge in [-0.3, -0.25) is 0 Å². The van der Waals surface area contributed by atoms with Crippen molar-refractivity contribution in [1.29, 1.82) is 0 Å². The first-order valence-electron chi connectivity index (χ1n) is 6.98. The van der Waals surface area contributed by atoms with Gasteiger partial charge in [-0.05, 0) is 67.1 Å². The molecule has 20 heavy (non-hydrogen) atoms. The zero-order valence-electron chi connectivity index (χ0n) is 11.5. The van der Waals surface area contributed by atoms with Gasteiger partial charge in [-0.1, -0.05) is 28.1 Å². The topological polar surface area (TPSA) is 32.3 Å². The standard InChI is InChI=1S/C17H18BrNO/c1-11-15(18)5-3-6-16(11)19-17-7-2-4-12-8-9-13(20)10-14(12)17/h3,5-6,8-10,17,19-20H,2,4,7H2,1H3. The lowest BCUT2D eigenvalue weighted by molar-refractivity contribution is 0.471. The van der Waals surface area contributed by atoms with Gasteiger partial charge in [-0.15, -0.1) is 0 Å². The summed E-state index contributed by atoms with van der Waals surface area (Å²) >= 11 is 3.57. The van der Waals surface area contributed by atoms with Crippen molar-refractivity contribution >= 4 is 21.6 Å². The first kappa shape index (κ1) is 13.5. The van der Waals surface area contributed by atoms with Crippen LogP contribution in [0.2, 0.25) is 0 Å². The highest BCUT2D eigenvalue weighted by Crippen LogP contribution is 2.36. The van der Waals surface area contributed by atoms with Gasteiger partial charge < -0.3 is 10.4 Å². The lowest BCUT2D eigenvalue weighted by Gasteiger charge is -2.28. The third kappa shape index (κ3) is 2.55. The van der Waals surface area contributed by atoms with Gasteiger partial charge in [0.2, 0.25) is 0 Å². The van der Waals surface area contributed by atoms with Crippen molar-refractivity contribution in [3.8, 4) is 5.75 Å². The number of rotatable bonds is 2. The average Bonchev–Trinajstić information content (AvgIpc) is 2.44. The van der Waals surface area contributed by atoms with Crippen LogP contribution in [0.25, 0.3) is 0 Å². The quantitative estimate of drug-likeness (QED) is 0.815. The zero-order valence-corrected chi connectivity index (χ0v) is 13.1. The van der Waals surface area contributed by atoms with Crippen molar-refractivity contribution in [2.45, 2.75) is 32.2 Å². The van der Waals surface area contributed by atoms with Gasteiger partial charge in [-0.25, -0.2) is 0 Å². The minimum absolute atomic E-state index is 0.277.